The van der Waals surface area contributed by atoms with Gasteiger partial charge in [-0.1, -0.05) is 11.7 Å². The lowest BCUT2D eigenvalue weighted by Gasteiger charge is -2.35. The predicted molar refractivity (Wildman–Crippen MR) is 168 cm³/mol. The van der Waals surface area contributed by atoms with Gasteiger partial charge in [-0.15, -0.1) is 11.3 Å². The van der Waals surface area contributed by atoms with E-state index in [9.17, 15) is 10.1 Å². The van der Waals surface area contributed by atoms with Crippen molar-refractivity contribution < 1.29 is 14.1 Å². The maximum atomic E-state index is 12.5. The van der Waals surface area contributed by atoms with Crippen molar-refractivity contribution in [1.29, 1.82) is 5.26 Å². The van der Waals surface area contributed by atoms with Crippen molar-refractivity contribution in [2.75, 3.05) is 50.4 Å². The zero-order chi connectivity index (χ0) is 31.2. The van der Waals surface area contributed by atoms with Crippen LogP contribution in [0.4, 0.5) is 10.8 Å². The molecule has 0 spiro atoms. The first-order chi connectivity index (χ1) is 21.1. The second-order valence-electron chi connectivity index (χ2n) is 12.3. The van der Waals surface area contributed by atoms with E-state index in [1.807, 2.05) is 17.9 Å². The summed E-state index contributed by atoms with van der Waals surface area (Å²) >= 11 is 1.47. The number of likely N-dealkylation sites (tertiary alicyclic amines) is 1. The fourth-order valence-corrected chi connectivity index (χ4v) is 7.98. The highest BCUT2D eigenvalue weighted by Crippen LogP contribution is 2.48. The number of anilines is 2. The number of nitrogen functional groups attached to an aromatic ring is 1. The van der Waals surface area contributed by atoms with E-state index in [1.54, 1.807) is 6.92 Å². The lowest BCUT2D eigenvalue weighted by molar-refractivity contribution is -0.127. The molecule has 3 aliphatic rings. The van der Waals surface area contributed by atoms with Gasteiger partial charge in [0.25, 0.3) is 0 Å². The number of ether oxygens (including phenoxy) is 1. The van der Waals surface area contributed by atoms with Crippen molar-refractivity contribution in [3.8, 4) is 23.6 Å². The molecule has 2 N–H and O–H groups in total. The smallest absolute Gasteiger partial charge is 0.319 e. The number of carbonyl (C=O) groups excluding carboxylic acids is 1. The van der Waals surface area contributed by atoms with Crippen LogP contribution in [0.3, 0.4) is 0 Å². The van der Waals surface area contributed by atoms with Gasteiger partial charge in [-0.05, 0) is 66.5 Å². The van der Waals surface area contributed by atoms with Crippen LogP contribution < -0.4 is 15.4 Å². The fourth-order valence-electron chi connectivity index (χ4n) is 6.79. The topological polar surface area (TPSA) is 151 Å². The van der Waals surface area contributed by atoms with Crippen LogP contribution in [-0.4, -0.2) is 87.7 Å². The summed E-state index contributed by atoms with van der Waals surface area (Å²) in [6.07, 6.45) is 4.62. The van der Waals surface area contributed by atoms with Gasteiger partial charge in [0.05, 0.1) is 11.0 Å². The van der Waals surface area contributed by atoms with Crippen molar-refractivity contribution in [3.63, 3.8) is 0 Å². The monoisotopic (exact) mass is 617 g/mol. The van der Waals surface area contributed by atoms with Crippen molar-refractivity contribution in [3.05, 3.63) is 40.1 Å². The van der Waals surface area contributed by atoms with E-state index in [-0.39, 0.29) is 24.1 Å². The Balaban J connectivity index is 1.33. The summed E-state index contributed by atoms with van der Waals surface area (Å²) in [6.45, 7) is 13.0. The number of aryl methyl sites for hydroxylation is 1. The lowest BCUT2D eigenvalue weighted by atomic mass is 9.72. The molecule has 5 heterocycles. The highest BCUT2D eigenvalue weighted by Gasteiger charge is 2.43. The molecule has 2 saturated heterocycles. The minimum Gasteiger partial charge on any atom is -0.459 e. The van der Waals surface area contributed by atoms with E-state index in [0.29, 0.717) is 65.5 Å². The number of nitrogens with two attached hydrogens (primary N) is 1. The molecule has 3 aromatic heterocycles. The molecule has 3 atom stereocenters. The van der Waals surface area contributed by atoms with Crippen LogP contribution >= 0.6 is 11.3 Å². The molecular weight excluding hydrogens is 578 g/mol. The van der Waals surface area contributed by atoms with Crippen LogP contribution in [-0.2, 0) is 16.6 Å². The Morgan fingerprint density at radius 3 is 2.70 bits per heavy atom. The number of hydrogen-bond donors (Lipinski definition) is 1. The maximum absolute atomic E-state index is 12.5. The average molecular weight is 618 g/mol. The Morgan fingerprint density at radius 1 is 1.25 bits per heavy atom. The number of likely N-dealkylation sites (N-methyl/N-ethyl adjacent to an activating group) is 1. The third-order valence-corrected chi connectivity index (χ3v) is 10.3. The molecule has 2 fully saturated rings. The SMILES string of the molecule is C=C(C)C(=O)N1CCN(c2cc(-c3noc([C@@]4(C)CCCc5sc(N)c(C#N)c54)n3)nc(O[C@@H](C)[C@@H]3CCCN3C)n2)CC1. The molecule has 0 aromatic carbocycles. The summed E-state index contributed by atoms with van der Waals surface area (Å²) in [7, 11) is 2.11. The number of rotatable bonds is 7. The number of piperazine rings is 1. The van der Waals surface area contributed by atoms with Crippen LogP contribution in [0.25, 0.3) is 11.5 Å². The first kappa shape index (κ1) is 30.0. The molecule has 44 heavy (non-hydrogen) atoms. The van der Waals surface area contributed by atoms with Crippen LogP contribution in [0.1, 0.15) is 68.3 Å². The zero-order valence-electron chi connectivity index (χ0n) is 25.8. The standard InChI is InChI=1S/C31H39N9O3S/c1-18(2)28(41)40-14-12-39(13-15-40)24-16-21(34-30(35-24)42-19(3)22-8-7-11-38(22)5)27-36-29(43-37-27)31(4)10-6-9-23-25(31)20(17-32)26(33)44-23/h16,19,22H,1,6-15,33H2,2-5H3/t19-,22-,31-/m0/s1. The molecule has 12 nitrogen and oxygen atoms in total. The van der Waals surface area contributed by atoms with Crippen LogP contribution in [0.15, 0.2) is 22.7 Å². The first-order valence-corrected chi connectivity index (χ1v) is 16.0. The summed E-state index contributed by atoms with van der Waals surface area (Å²) in [4.78, 5) is 34.3. The lowest BCUT2D eigenvalue weighted by Crippen LogP contribution is -2.49. The third kappa shape index (κ3) is 5.41. The summed E-state index contributed by atoms with van der Waals surface area (Å²) in [5.74, 6) is 1.40. The zero-order valence-corrected chi connectivity index (χ0v) is 26.6. The molecule has 0 unspecified atom stereocenters. The summed E-state index contributed by atoms with van der Waals surface area (Å²) in [5, 5.41) is 14.8. The Bertz CT molecular complexity index is 1620. The van der Waals surface area contributed by atoms with Crippen LogP contribution in [0.5, 0.6) is 6.01 Å². The van der Waals surface area contributed by atoms with E-state index < -0.39 is 5.41 Å². The van der Waals surface area contributed by atoms with E-state index in [4.69, 9.17) is 29.9 Å². The van der Waals surface area contributed by atoms with Crippen molar-refractivity contribution in [1.82, 2.24) is 29.9 Å². The van der Waals surface area contributed by atoms with Crippen molar-refractivity contribution >= 4 is 28.1 Å². The Labute approximate surface area is 261 Å². The maximum Gasteiger partial charge on any atom is 0.319 e. The molecule has 2 aliphatic heterocycles. The molecule has 0 bridgehead atoms. The van der Waals surface area contributed by atoms with Gasteiger partial charge in [-0.3, -0.25) is 9.69 Å². The van der Waals surface area contributed by atoms with E-state index in [0.717, 1.165) is 49.1 Å². The van der Waals surface area contributed by atoms with Crippen molar-refractivity contribution in [2.24, 2.45) is 0 Å². The Morgan fingerprint density at radius 2 is 2.02 bits per heavy atom. The Hall–Kier alpha value is -4.02. The average Bonchev–Trinajstić information content (AvgIpc) is 3.75. The van der Waals surface area contributed by atoms with Gasteiger partial charge in [0.1, 0.15) is 28.7 Å². The predicted octanol–water partition coefficient (Wildman–Crippen LogP) is 3.77. The number of hydrogen-bond acceptors (Lipinski definition) is 12. The molecule has 6 rings (SSSR count). The fraction of sp³-hybridized carbons (Fsp3) is 0.548. The molecule has 3 aromatic rings. The number of thiophene rings is 1. The second kappa shape index (κ2) is 11.8. The number of aromatic nitrogens is 4. The van der Waals surface area contributed by atoms with Crippen molar-refractivity contribution in [2.45, 2.75) is 70.4 Å². The highest BCUT2D eigenvalue weighted by atomic mass is 32.1. The number of nitriles is 1. The molecular formula is C31H39N9O3S. The summed E-state index contributed by atoms with van der Waals surface area (Å²) in [6, 6.07) is 4.67. The minimum atomic E-state index is -0.638. The van der Waals surface area contributed by atoms with Gasteiger partial charge in [0, 0.05) is 54.3 Å². The first-order valence-electron chi connectivity index (χ1n) is 15.2. The number of nitrogens with zero attached hydrogens (tertiary/aromatic N) is 8. The number of amides is 1. The highest BCUT2D eigenvalue weighted by molar-refractivity contribution is 7.16. The summed E-state index contributed by atoms with van der Waals surface area (Å²) in [5.41, 5.74) is 8.00. The van der Waals surface area contributed by atoms with Crippen LogP contribution in [0.2, 0.25) is 0 Å². The van der Waals surface area contributed by atoms with Gasteiger partial charge < -0.3 is 24.8 Å². The van der Waals surface area contributed by atoms with Gasteiger partial charge in [0.15, 0.2) is 0 Å². The summed E-state index contributed by atoms with van der Waals surface area (Å²) < 4.78 is 12.3. The molecule has 1 aliphatic carbocycles. The third-order valence-electron chi connectivity index (χ3n) is 9.24. The second-order valence-corrected chi connectivity index (χ2v) is 13.5. The molecule has 0 saturated carbocycles. The van der Waals surface area contributed by atoms with E-state index >= 15 is 0 Å². The molecule has 232 valence electrons. The number of carbonyl (C=O) groups is 1. The van der Waals surface area contributed by atoms with Gasteiger partial charge in [-0.25, -0.2) is 0 Å². The van der Waals surface area contributed by atoms with Gasteiger partial charge in [0.2, 0.25) is 17.6 Å². The van der Waals surface area contributed by atoms with Crippen LogP contribution in [0, 0.1) is 11.3 Å². The molecule has 1 amide bonds. The normalized spacial score (nSPS) is 22.8. The number of fused-ring (bicyclic) bond motifs is 1. The Kier molecular flexibility index (Phi) is 8.06. The van der Waals surface area contributed by atoms with E-state index in [1.165, 1.54) is 11.3 Å². The van der Waals surface area contributed by atoms with E-state index in [2.05, 4.69) is 41.6 Å². The van der Waals surface area contributed by atoms with Gasteiger partial charge >= 0.3 is 6.01 Å². The minimum absolute atomic E-state index is 0.0304. The largest absolute Gasteiger partial charge is 0.459 e. The molecule has 13 heteroatoms. The van der Waals surface area contributed by atoms with Gasteiger partial charge in [-0.2, -0.15) is 20.2 Å². The quantitative estimate of drug-likeness (QED) is 0.386. The molecule has 0 radical (unpaired) electrons.